The third-order valence-electron chi connectivity index (χ3n) is 2.42. The third kappa shape index (κ3) is 3.72. The molecule has 1 rings (SSSR count). The summed E-state index contributed by atoms with van der Waals surface area (Å²) in [5, 5.41) is 3.12. The predicted molar refractivity (Wildman–Crippen MR) is 70.8 cm³/mol. The highest BCUT2D eigenvalue weighted by Crippen LogP contribution is 2.19. The molecular formula is C13H17BrFN. The highest BCUT2D eigenvalue weighted by molar-refractivity contribution is 9.10. The summed E-state index contributed by atoms with van der Waals surface area (Å²) in [4.78, 5) is 0. The molecule has 0 saturated carbocycles. The second-order valence-corrected chi connectivity index (χ2v) is 4.93. The molecule has 1 aromatic rings. The molecule has 0 aromatic heterocycles. The minimum atomic E-state index is -0.221. The van der Waals surface area contributed by atoms with Crippen molar-refractivity contribution < 1.29 is 4.39 Å². The number of halogens is 2. The van der Waals surface area contributed by atoms with E-state index in [2.05, 4.69) is 35.1 Å². The molecule has 0 atom stereocenters. The number of benzene rings is 1. The van der Waals surface area contributed by atoms with E-state index in [4.69, 9.17) is 0 Å². The van der Waals surface area contributed by atoms with Gasteiger partial charge in [-0.05, 0) is 46.6 Å². The zero-order valence-electron chi connectivity index (χ0n) is 9.85. The van der Waals surface area contributed by atoms with Gasteiger partial charge in [-0.1, -0.05) is 31.6 Å². The molecule has 88 valence electrons. The Morgan fingerprint density at radius 2 is 2.19 bits per heavy atom. The first-order valence-corrected chi connectivity index (χ1v) is 6.14. The molecule has 0 fully saturated rings. The summed E-state index contributed by atoms with van der Waals surface area (Å²) in [6.07, 6.45) is 2.04. The van der Waals surface area contributed by atoms with Gasteiger partial charge in [-0.2, -0.15) is 0 Å². The largest absolute Gasteiger partial charge is 0.316 e. The zero-order valence-corrected chi connectivity index (χ0v) is 11.4. The molecule has 0 bridgehead atoms. The van der Waals surface area contributed by atoms with Gasteiger partial charge >= 0.3 is 0 Å². The van der Waals surface area contributed by atoms with Crippen LogP contribution in [0.4, 0.5) is 4.39 Å². The number of rotatable bonds is 4. The van der Waals surface area contributed by atoms with Crippen molar-refractivity contribution in [3.05, 3.63) is 39.6 Å². The molecule has 1 N–H and O–H groups in total. The first-order valence-electron chi connectivity index (χ1n) is 5.34. The third-order valence-corrected chi connectivity index (χ3v) is 3.06. The maximum atomic E-state index is 13.3. The molecule has 0 aliphatic heterocycles. The van der Waals surface area contributed by atoms with Crippen molar-refractivity contribution in [2.24, 2.45) is 5.92 Å². The maximum Gasteiger partial charge on any atom is 0.137 e. The van der Waals surface area contributed by atoms with Crippen LogP contribution >= 0.6 is 15.9 Å². The Kier molecular flexibility index (Phi) is 5.16. The van der Waals surface area contributed by atoms with E-state index in [-0.39, 0.29) is 5.82 Å². The van der Waals surface area contributed by atoms with Gasteiger partial charge in [0.1, 0.15) is 5.82 Å². The van der Waals surface area contributed by atoms with Crippen LogP contribution in [-0.4, -0.2) is 13.6 Å². The van der Waals surface area contributed by atoms with Gasteiger partial charge < -0.3 is 5.32 Å². The van der Waals surface area contributed by atoms with Crippen molar-refractivity contribution in [3.63, 3.8) is 0 Å². The highest BCUT2D eigenvalue weighted by atomic mass is 79.9. The average Bonchev–Trinajstić information content (AvgIpc) is 2.22. The van der Waals surface area contributed by atoms with Crippen molar-refractivity contribution in [2.75, 3.05) is 13.6 Å². The molecule has 0 amide bonds. The van der Waals surface area contributed by atoms with Crippen LogP contribution in [0.25, 0.3) is 6.08 Å². The quantitative estimate of drug-likeness (QED) is 0.886. The molecule has 1 aromatic carbocycles. The van der Waals surface area contributed by atoms with E-state index in [1.54, 1.807) is 12.1 Å². The van der Waals surface area contributed by atoms with Crippen LogP contribution in [0.5, 0.6) is 0 Å². The van der Waals surface area contributed by atoms with E-state index in [1.165, 1.54) is 5.57 Å². The Balaban J connectivity index is 2.98. The minimum Gasteiger partial charge on any atom is -0.316 e. The van der Waals surface area contributed by atoms with E-state index in [1.807, 2.05) is 19.2 Å². The Morgan fingerprint density at radius 3 is 2.69 bits per heavy atom. The number of hydrogen-bond donors (Lipinski definition) is 1. The Bertz CT molecular complexity index is 386. The zero-order chi connectivity index (χ0) is 12.1. The van der Waals surface area contributed by atoms with E-state index >= 15 is 0 Å². The van der Waals surface area contributed by atoms with E-state index in [0.717, 1.165) is 12.1 Å². The van der Waals surface area contributed by atoms with Crippen LogP contribution in [0.15, 0.2) is 28.2 Å². The lowest BCUT2D eigenvalue weighted by atomic mass is 10.0. The van der Waals surface area contributed by atoms with Crippen LogP contribution in [0.1, 0.15) is 19.4 Å². The Morgan fingerprint density at radius 1 is 1.50 bits per heavy atom. The number of nitrogens with one attached hydrogen (secondary N) is 1. The fourth-order valence-corrected chi connectivity index (χ4v) is 1.69. The van der Waals surface area contributed by atoms with Gasteiger partial charge in [0.25, 0.3) is 0 Å². The molecule has 0 spiro atoms. The summed E-state index contributed by atoms with van der Waals surface area (Å²) in [5.41, 5.74) is 2.17. The van der Waals surface area contributed by atoms with Crippen LogP contribution in [0.3, 0.4) is 0 Å². The summed E-state index contributed by atoms with van der Waals surface area (Å²) in [6, 6.07) is 5.19. The SMILES string of the molecule is CNC/C(=C/c1ccc(Br)c(F)c1)C(C)C. The Labute approximate surface area is 105 Å². The summed E-state index contributed by atoms with van der Waals surface area (Å²) in [7, 11) is 1.92. The van der Waals surface area contributed by atoms with Crippen LogP contribution in [0.2, 0.25) is 0 Å². The topological polar surface area (TPSA) is 12.0 Å². The van der Waals surface area contributed by atoms with Crippen LogP contribution in [-0.2, 0) is 0 Å². The molecule has 0 saturated heterocycles. The lowest BCUT2D eigenvalue weighted by molar-refractivity contribution is 0.620. The number of hydrogen-bond acceptors (Lipinski definition) is 1. The van der Waals surface area contributed by atoms with E-state index < -0.39 is 0 Å². The van der Waals surface area contributed by atoms with Crippen molar-refractivity contribution in [2.45, 2.75) is 13.8 Å². The average molecular weight is 286 g/mol. The normalized spacial score (nSPS) is 12.2. The van der Waals surface area contributed by atoms with Gasteiger partial charge in [-0.25, -0.2) is 4.39 Å². The fraction of sp³-hybridized carbons (Fsp3) is 0.385. The summed E-state index contributed by atoms with van der Waals surface area (Å²) < 4.78 is 13.8. The lowest BCUT2D eigenvalue weighted by Gasteiger charge is -2.11. The lowest BCUT2D eigenvalue weighted by Crippen LogP contribution is -2.13. The van der Waals surface area contributed by atoms with Crippen molar-refractivity contribution in [1.82, 2.24) is 5.32 Å². The van der Waals surface area contributed by atoms with Gasteiger partial charge in [0.05, 0.1) is 4.47 Å². The summed E-state index contributed by atoms with van der Waals surface area (Å²) in [6.45, 7) is 5.10. The number of likely N-dealkylation sites (N-methyl/N-ethyl adjacent to an activating group) is 1. The second-order valence-electron chi connectivity index (χ2n) is 4.08. The van der Waals surface area contributed by atoms with Gasteiger partial charge in [0.15, 0.2) is 0 Å². The molecule has 0 aliphatic carbocycles. The van der Waals surface area contributed by atoms with Gasteiger partial charge in [-0.15, -0.1) is 0 Å². The molecule has 16 heavy (non-hydrogen) atoms. The smallest absolute Gasteiger partial charge is 0.137 e. The standard InChI is InChI=1S/C13H17BrFN/c1-9(2)11(8-16-3)6-10-4-5-12(14)13(15)7-10/h4-7,9,16H,8H2,1-3H3/b11-6-. The van der Waals surface area contributed by atoms with E-state index in [0.29, 0.717) is 10.4 Å². The highest BCUT2D eigenvalue weighted by Gasteiger charge is 2.04. The maximum absolute atomic E-state index is 13.3. The molecule has 0 aliphatic rings. The van der Waals surface area contributed by atoms with Crippen molar-refractivity contribution in [1.29, 1.82) is 0 Å². The summed E-state index contributed by atoms with van der Waals surface area (Å²) >= 11 is 3.15. The van der Waals surface area contributed by atoms with E-state index in [9.17, 15) is 4.39 Å². The molecule has 1 nitrogen and oxygen atoms in total. The fourth-order valence-electron chi connectivity index (χ4n) is 1.44. The molecule has 0 heterocycles. The minimum absolute atomic E-state index is 0.221. The monoisotopic (exact) mass is 285 g/mol. The molecule has 0 unspecified atom stereocenters. The first kappa shape index (κ1) is 13.4. The molecule has 3 heteroatoms. The predicted octanol–water partition coefficient (Wildman–Crippen LogP) is 3.85. The van der Waals surface area contributed by atoms with Gasteiger partial charge in [0.2, 0.25) is 0 Å². The Hall–Kier alpha value is -0.670. The van der Waals surface area contributed by atoms with Crippen LogP contribution < -0.4 is 5.32 Å². The van der Waals surface area contributed by atoms with Crippen molar-refractivity contribution in [3.8, 4) is 0 Å². The second kappa shape index (κ2) is 6.16. The molecule has 0 radical (unpaired) electrons. The van der Waals surface area contributed by atoms with Gasteiger partial charge in [-0.3, -0.25) is 0 Å². The van der Waals surface area contributed by atoms with Crippen molar-refractivity contribution >= 4 is 22.0 Å². The summed E-state index contributed by atoms with van der Waals surface area (Å²) in [5.74, 6) is 0.237. The molecular weight excluding hydrogens is 269 g/mol. The first-order chi connectivity index (χ1) is 7.54. The van der Waals surface area contributed by atoms with Gasteiger partial charge in [0, 0.05) is 6.54 Å². The van der Waals surface area contributed by atoms with Crippen LogP contribution in [0, 0.1) is 11.7 Å².